The van der Waals surface area contributed by atoms with Gasteiger partial charge < -0.3 is 20.1 Å². The summed E-state index contributed by atoms with van der Waals surface area (Å²) < 4.78 is 26.9. The van der Waals surface area contributed by atoms with E-state index in [0.29, 0.717) is 6.42 Å². The molecule has 3 N–H and O–H groups in total. The number of carbonyl (C=O) groups excluding carboxylic acids is 2. The molecule has 0 saturated carbocycles. The molecule has 0 aliphatic carbocycles. The highest BCUT2D eigenvalue weighted by atomic mass is 31.2. The van der Waals surface area contributed by atoms with Gasteiger partial charge in [0.15, 0.2) is 0 Å². The second kappa shape index (κ2) is 40.6. The molecule has 0 aliphatic heterocycles. The lowest BCUT2D eigenvalue weighted by Crippen LogP contribution is -2.27. The van der Waals surface area contributed by atoms with E-state index in [0.717, 1.165) is 83.5 Å². The van der Waals surface area contributed by atoms with Crippen LogP contribution in [0.4, 0.5) is 0 Å². The largest absolute Gasteiger partial charge is 0.472 e. The summed E-state index contributed by atoms with van der Waals surface area (Å²) in [6.07, 6.45) is 46.1. The Bertz CT molecular complexity index is 1030. The molecule has 0 rings (SSSR count). The molecule has 54 heavy (non-hydrogen) atoms. The Labute approximate surface area is 330 Å². The molecule has 1 amide bonds. The van der Waals surface area contributed by atoms with Crippen LogP contribution in [0.5, 0.6) is 0 Å². The fourth-order valence-electron chi connectivity index (χ4n) is 5.74. The molecule has 0 aromatic rings. The number of amides is 1. The van der Waals surface area contributed by atoms with E-state index < -0.39 is 26.5 Å². The number of esters is 1. The third kappa shape index (κ3) is 41.1. The Morgan fingerprint density at radius 3 is 1.61 bits per heavy atom. The minimum atomic E-state index is -4.42. The minimum absolute atomic E-state index is 0.0752. The molecule has 0 saturated heterocycles. The number of allylic oxidation sites excluding steroid dienone is 8. The number of phosphoric acid groups is 1. The summed E-state index contributed by atoms with van der Waals surface area (Å²) in [5.41, 5.74) is 0. The van der Waals surface area contributed by atoms with E-state index in [4.69, 9.17) is 13.8 Å². The summed E-state index contributed by atoms with van der Waals surface area (Å²) in [5, 5.41) is 12.7. The van der Waals surface area contributed by atoms with Gasteiger partial charge in [0.25, 0.3) is 0 Å². The van der Waals surface area contributed by atoms with Crippen molar-refractivity contribution >= 4 is 19.7 Å². The molecule has 0 radical (unpaired) electrons. The van der Waals surface area contributed by atoms with Gasteiger partial charge in [0.05, 0.1) is 13.2 Å². The van der Waals surface area contributed by atoms with Crippen LogP contribution in [0.25, 0.3) is 0 Å². The number of unbranched alkanes of at least 4 members (excludes halogenated alkanes) is 19. The monoisotopic (exact) mass is 782 g/mol. The molecule has 314 valence electrons. The van der Waals surface area contributed by atoms with Crippen molar-refractivity contribution in [1.82, 2.24) is 5.32 Å². The van der Waals surface area contributed by atoms with E-state index in [-0.39, 0.29) is 32.1 Å². The summed E-state index contributed by atoms with van der Waals surface area (Å²) in [4.78, 5) is 33.9. The number of rotatable bonds is 40. The first kappa shape index (κ1) is 52.0. The lowest BCUT2D eigenvalue weighted by molar-refractivity contribution is -0.147. The van der Waals surface area contributed by atoms with Crippen LogP contribution in [0.1, 0.15) is 187 Å². The summed E-state index contributed by atoms with van der Waals surface area (Å²) in [7, 11) is -4.42. The van der Waals surface area contributed by atoms with Gasteiger partial charge in [0.1, 0.15) is 12.7 Å². The number of ether oxygens (including phenoxy) is 1. The maximum absolute atomic E-state index is 12.1. The van der Waals surface area contributed by atoms with E-state index >= 15 is 0 Å². The Morgan fingerprint density at radius 1 is 0.593 bits per heavy atom. The zero-order valence-corrected chi connectivity index (χ0v) is 35.3. The van der Waals surface area contributed by atoms with Crippen molar-refractivity contribution < 1.29 is 37.9 Å². The van der Waals surface area contributed by atoms with Crippen LogP contribution in [0.3, 0.4) is 0 Å². The second-order valence-corrected chi connectivity index (χ2v) is 15.7. The van der Waals surface area contributed by atoms with Crippen LogP contribution in [-0.4, -0.2) is 54.3 Å². The Hall–Kier alpha value is -2.03. The maximum Gasteiger partial charge on any atom is 0.472 e. The predicted octanol–water partition coefficient (Wildman–Crippen LogP) is 11.9. The van der Waals surface area contributed by atoms with Gasteiger partial charge in [-0.25, -0.2) is 4.57 Å². The molecule has 0 fully saturated rings. The number of hydrogen-bond donors (Lipinski definition) is 3. The van der Waals surface area contributed by atoms with E-state index in [1.165, 1.54) is 77.0 Å². The van der Waals surface area contributed by atoms with E-state index in [2.05, 4.69) is 67.8 Å². The van der Waals surface area contributed by atoms with E-state index in [1.807, 2.05) is 0 Å². The van der Waals surface area contributed by atoms with Crippen LogP contribution in [-0.2, 0) is 27.9 Å². The van der Waals surface area contributed by atoms with Crippen LogP contribution >= 0.6 is 7.82 Å². The fraction of sp³-hybridized carbons (Fsp3) is 0.773. The van der Waals surface area contributed by atoms with Crippen LogP contribution in [0, 0.1) is 0 Å². The summed E-state index contributed by atoms with van der Waals surface area (Å²) in [6, 6.07) is 0. The minimum Gasteiger partial charge on any atom is -0.463 e. The highest BCUT2D eigenvalue weighted by Crippen LogP contribution is 2.42. The average Bonchev–Trinajstić information content (AvgIpc) is 3.16. The van der Waals surface area contributed by atoms with Gasteiger partial charge in [-0.05, 0) is 70.6 Å². The molecule has 0 aromatic heterocycles. The first-order chi connectivity index (χ1) is 26.3. The number of carbonyl (C=O) groups is 2. The van der Waals surface area contributed by atoms with Crippen molar-refractivity contribution in [2.24, 2.45) is 0 Å². The van der Waals surface area contributed by atoms with Crippen molar-refractivity contribution in [3.05, 3.63) is 48.6 Å². The van der Waals surface area contributed by atoms with Gasteiger partial charge in [-0.1, -0.05) is 152 Å². The zero-order valence-electron chi connectivity index (χ0n) is 34.4. The molecular weight excluding hydrogens is 701 g/mol. The number of phosphoric ester groups is 1. The van der Waals surface area contributed by atoms with Gasteiger partial charge in [-0.15, -0.1) is 0 Å². The molecule has 10 heteroatoms. The van der Waals surface area contributed by atoms with Crippen molar-refractivity contribution in [2.45, 2.75) is 193 Å². The standard InChI is InChI=1S/C44H80NO8P/c1-3-5-7-9-11-13-15-17-19-21-23-25-27-29-31-33-35-37-44(48)51-40-42(46)41-53-54(49,50)52-39-38-45-43(47)36-34-32-30-28-26-24-22-20-18-16-14-12-10-8-6-4-2/h5,7,11,13,17,19-20,22,42,46H,3-4,6,8-10,12,14-16,18,21,23-41H2,1-2H3,(H,45,47)(H,49,50)/b7-5-,13-11-,19-17-,22-20-. The van der Waals surface area contributed by atoms with Crippen molar-refractivity contribution in [3.8, 4) is 0 Å². The van der Waals surface area contributed by atoms with Crippen molar-refractivity contribution in [3.63, 3.8) is 0 Å². The zero-order chi connectivity index (χ0) is 39.6. The molecule has 2 unspecified atom stereocenters. The van der Waals surface area contributed by atoms with Gasteiger partial charge in [0.2, 0.25) is 5.91 Å². The molecule has 9 nitrogen and oxygen atoms in total. The molecule has 0 aromatic carbocycles. The van der Waals surface area contributed by atoms with Gasteiger partial charge in [-0.2, -0.15) is 0 Å². The van der Waals surface area contributed by atoms with E-state index in [1.54, 1.807) is 0 Å². The molecule has 2 atom stereocenters. The fourth-order valence-corrected chi connectivity index (χ4v) is 6.50. The molecule has 0 heterocycles. The number of hydrogen-bond acceptors (Lipinski definition) is 7. The van der Waals surface area contributed by atoms with Gasteiger partial charge in [-0.3, -0.25) is 18.6 Å². The average molecular weight is 782 g/mol. The van der Waals surface area contributed by atoms with Gasteiger partial charge in [0, 0.05) is 19.4 Å². The quantitative estimate of drug-likeness (QED) is 0.0242. The lowest BCUT2D eigenvalue weighted by atomic mass is 10.1. The summed E-state index contributed by atoms with van der Waals surface area (Å²) >= 11 is 0. The molecular formula is C44H80NO8P. The third-order valence-electron chi connectivity index (χ3n) is 8.99. The predicted molar refractivity (Wildman–Crippen MR) is 224 cm³/mol. The van der Waals surface area contributed by atoms with Gasteiger partial charge >= 0.3 is 13.8 Å². The molecule has 0 spiro atoms. The van der Waals surface area contributed by atoms with Crippen LogP contribution < -0.4 is 5.32 Å². The number of nitrogens with one attached hydrogen (secondary N) is 1. The highest BCUT2D eigenvalue weighted by Gasteiger charge is 2.23. The number of aliphatic hydroxyl groups excluding tert-OH is 1. The van der Waals surface area contributed by atoms with Crippen LogP contribution in [0.15, 0.2) is 48.6 Å². The third-order valence-corrected chi connectivity index (χ3v) is 9.98. The Kier molecular flexibility index (Phi) is 39.1. The van der Waals surface area contributed by atoms with Crippen molar-refractivity contribution in [2.75, 3.05) is 26.4 Å². The summed E-state index contributed by atoms with van der Waals surface area (Å²) in [5.74, 6) is -0.535. The maximum atomic E-state index is 12.1. The normalized spacial score (nSPS) is 13.8. The SMILES string of the molecule is CC/C=C\C/C=C\C/C=C\CCCCCCCCCC(=O)OCC(O)COP(=O)(O)OCCNC(=O)CCCCCCC/C=C\CCCCCCCCC. The summed E-state index contributed by atoms with van der Waals surface area (Å²) in [6.45, 7) is 3.42. The first-order valence-electron chi connectivity index (χ1n) is 21.6. The molecule has 0 aliphatic rings. The number of aliphatic hydroxyl groups is 1. The van der Waals surface area contributed by atoms with Crippen molar-refractivity contribution in [1.29, 1.82) is 0 Å². The smallest absolute Gasteiger partial charge is 0.463 e. The van der Waals surface area contributed by atoms with Crippen LogP contribution in [0.2, 0.25) is 0 Å². The Morgan fingerprint density at radius 2 is 1.06 bits per heavy atom. The highest BCUT2D eigenvalue weighted by molar-refractivity contribution is 7.47. The van der Waals surface area contributed by atoms with E-state index in [9.17, 15) is 24.2 Å². The first-order valence-corrected chi connectivity index (χ1v) is 23.1. The second-order valence-electron chi connectivity index (χ2n) is 14.3. The lowest BCUT2D eigenvalue weighted by Gasteiger charge is -2.15. The topological polar surface area (TPSA) is 131 Å². The Balaban J connectivity index is 3.62. The molecule has 0 bridgehead atoms.